The highest BCUT2D eigenvalue weighted by atomic mass is 16.5. The van der Waals surface area contributed by atoms with Gasteiger partial charge in [-0.2, -0.15) is 0 Å². The summed E-state index contributed by atoms with van der Waals surface area (Å²) < 4.78 is 7.51. The molecule has 4 aromatic rings. The standard InChI is InChI=1S/C35H47N7O4/c1-3-4-13-30-38-33-34(28-11-5-6-12-29(28)37-35(33)36)42(30)15-8-14-41(24-27-10-7-9-26(22-27)23-32(44)45)31(43)25-40-18-16-39(17-19-40)20-21-46-2/h5-7,9-12,22H,3-4,8,13-21,23-25H2,1-2H3,(H2,36,37)(H,44,45). The van der Waals surface area contributed by atoms with Gasteiger partial charge in [0.25, 0.3) is 0 Å². The van der Waals surface area contributed by atoms with Crippen LogP contribution in [0.5, 0.6) is 0 Å². The molecule has 11 nitrogen and oxygen atoms in total. The smallest absolute Gasteiger partial charge is 0.307 e. The molecule has 1 saturated heterocycles. The number of ether oxygens (including phenoxy) is 1. The number of benzene rings is 2. The van der Waals surface area contributed by atoms with Crippen LogP contribution >= 0.6 is 0 Å². The average molecular weight is 630 g/mol. The van der Waals surface area contributed by atoms with Crippen LogP contribution in [-0.4, -0.2) is 106 Å². The number of carbonyl (C=O) groups is 2. The fourth-order valence-corrected chi connectivity index (χ4v) is 6.30. The van der Waals surface area contributed by atoms with Gasteiger partial charge in [0.2, 0.25) is 5.91 Å². The van der Waals surface area contributed by atoms with Crippen molar-refractivity contribution in [3.8, 4) is 0 Å². The van der Waals surface area contributed by atoms with Crippen molar-refractivity contribution >= 4 is 39.6 Å². The highest BCUT2D eigenvalue weighted by molar-refractivity contribution is 6.06. The monoisotopic (exact) mass is 629 g/mol. The molecule has 246 valence electrons. The SMILES string of the molecule is CCCCc1nc2c(N)nc3ccccc3c2n1CCCN(Cc1cccc(CC(=O)O)c1)C(=O)CN1CCN(CCOC)CC1. The Morgan fingerprint density at radius 3 is 2.50 bits per heavy atom. The number of nitrogen functional groups attached to an aromatic ring is 1. The number of anilines is 1. The fourth-order valence-electron chi connectivity index (χ4n) is 6.30. The number of pyridine rings is 1. The van der Waals surface area contributed by atoms with E-state index in [1.54, 1.807) is 7.11 Å². The highest BCUT2D eigenvalue weighted by Gasteiger charge is 2.23. The molecule has 5 rings (SSSR count). The lowest BCUT2D eigenvalue weighted by Gasteiger charge is -2.35. The number of hydrogen-bond donors (Lipinski definition) is 2. The Labute approximate surface area is 270 Å². The maximum absolute atomic E-state index is 13.9. The van der Waals surface area contributed by atoms with Crippen molar-refractivity contribution in [2.24, 2.45) is 0 Å². The van der Waals surface area contributed by atoms with Crippen LogP contribution in [0.15, 0.2) is 48.5 Å². The first-order valence-corrected chi connectivity index (χ1v) is 16.4. The molecule has 0 bridgehead atoms. The minimum atomic E-state index is -0.871. The van der Waals surface area contributed by atoms with Gasteiger partial charge in [-0.05, 0) is 30.0 Å². The van der Waals surface area contributed by atoms with Gasteiger partial charge in [-0.3, -0.25) is 19.4 Å². The number of nitrogens with two attached hydrogens (primary N) is 1. The number of piperazine rings is 1. The molecule has 0 unspecified atom stereocenters. The maximum atomic E-state index is 13.9. The number of aliphatic carboxylic acids is 1. The predicted octanol–water partition coefficient (Wildman–Crippen LogP) is 3.82. The minimum absolute atomic E-state index is 0.0463. The van der Waals surface area contributed by atoms with Crippen LogP contribution in [0.1, 0.15) is 43.1 Å². The number of aryl methyl sites for hydroxylation is 2. The zero-order valence-corrected chi connectivity index (χ0v) is 27.2. The normalized spacial score (nSPS) is 14.3. The second-order valence-electron chi connectivity index (χ2n) is 12.2. The van der Waals surface area contributed by atoms with Gasteiger partial charge in [0.05, 0.1) is 30.6 Å². The quantitative estimate of drug-likeness (QED) is 0.190. The Balaban J connectivity index is 1.35. The van der Waals surface area contributed by atoms with E-state index in [0.29, 0.717) is 38.6 Å². The first kappa shape index (κ1) is 33.3. The highest BCUT2D eigenvalue weighted by Crippen LogP contribution is 2.29. The summed E-state index contributed by atoms with van der Waals surface area (Å²) in [6, 6.07) is 15.6. The minimum Gasteiger partial charge on any atom is -0.481 e. The van der Waals surface area contributed by atoms with E-state index in [0.717, 1.165) is 97.3 Å². The number of imidazole rings is 1. The van der Waals surface area contributed by atoms with E-state index in [1.165, 1.54) is 0 Å². The molecule has 2 aromatic carbocycles. The third kappa shape index (κ3) is 8.39. The van der Waals surface area contributed by atoms with E-state index in [1.807, 2.05) is 47.4 Å². The maximum Gasteiger partial charge on any atom is 0.307 e. The van der Waals surface area contributed by atoms with Crippen LogP contribution in [0.4, 0.5) is 5.82 Å². The molecular formula is C35H47N7O4. The number of fused-ring (bicyclic) bond motifs is 3. The molecule has 1 fully saturated rings. The van der Waals surface area contributed by atoms with E-state index in [4.69, 9.17) is 15.5 Å². The summed E-state index contributed by atoms with van der Waals surface area (Å²) in [5.74, 6) is 0.636. The molecule has 46 heavy (non-hydrogen) atoms. The summed E-state index contributed by atoms with van der Waals surface area (Å²) >= 11 is 0. The largest absolute Gasteiger partial charge is 0.481 e. The summed E-state index contributed by atoms with van der Waals surface area (Å²) in [7, 11) is 1.72. The van der Waals surface area contributed by atoms with Gasteiger partial charge in [0.15, 0.2) is 5.82 Å². The lowest BCUT2D eigenvalue weighted by molar-refractivity contribution is -0.136. The predicted molar refractivity (Wildman–Crippen MR) is 181 cm³/mol. The van der Waals surface area contributed by atoms with Crippen molar-refractivity contribution in [2.45, 2.75) is 52.1 Å². The van der Waals surface area contributed by atoms with Crippen molar-refractivity contribution < 1.29 is 19.4 Å². The van der Waals surface area contributed by atoms with E-state index in [9.17, 15) is 14.7 Å². The van der Waals surface area contributed by atoms with E-state index >= 15 is 0 Å². The lowest BCUT2D eigenvalue weighted by Crippen LogP contribution is -2.50. The van der Waals surface area contributed by atoms with Crippen LogP contribution in [0, 0.1) is 0 Å². The van der Waals surface area contributed by atoms with Crippen molar-refractivity contribution in [1.29, 1.82) is 0 Å². The van der Waals surface area contributed by atoms with Gasteiger partial charge in [-0.15, -0.1) is 0 Å². The van der Waals surface area contributed by atoms with Crippen LogP contribution in [0.2, 0.25) is 0 Å². The van der Waals surface area contributed by atoms with Crippen LogP contribution < -0.4 is 5.73 Å². The molecule has 2 aromatic heterocycles. The number of carboxylic acids is 1. The number of hydrogen-bond acceptors (Lipinski definition) is 8. The zero-order chi connectivity index (χ0) is 32.5. The third-order valence-corrected chi connectivity index (χ3v) is 8.76. The summed E-state index contributed by atoms with van der Waals surface area (Å²) in [6.45, 7) is 9.29. The first-order valence-electron chi connectivity index (χ1n) is 16.4. The summed E-state index contributed by atoms with van der Waals surface area (Å²) in [6.07, 6.45) is 3.60. The third-order valence-electron chi connectivity index (χ3n) is 8.76. The Hall–Kier alpha value is -4.06. The van der Waals surface area contributed by atoms with Crippen molar-refractivity contribution in [1.82, 2.24) is 29.2 Å². The topological polar surface area (TPSA) is 130 Å². The number of amides is 1. The van der Waals surface area contributed by atoms with E-state index < -0.39 is 5.97 Å². The molecule has 11 heteroatoms. The van der Waals surface area contributed by atoms with Gasteiger partial charge in [-0.1, -0.05) is 55.8 Å². The first-order chi connectivity index (χ1) is 22.4. The van der Waals surface area contributed by atoms with E-state index in [-0.39, 0.29) is 12.3 Å². The molecule has 0 saturated carbocycles. The number of aromatic nitrogens is 3. The van der Waals surface area contributed by atoms with Gasteiger partial charge in [0.1, 0.15) is 11.3 Å². The Kier molecular flexibility index (Phi) is 11.6. The lowest BCUT2D eigenvalue weighted by atomic mass is 10.1. The number of para-hydroxylation sites is 1. The molecule has 0 aliphatic carbocycles. The molecular weight excluding hydrogens is 582 g/mol. The summed E-state index contributed by atoms with van der Waals surface area (Å²) in [5.41, 5.74) is 10.6. The van der Waals surface area contributed by atoms with Crippen molar-refractivity contribution in [2.75, 3.05) is 65.3 Å². The van der Waals surface area contributed by atoms with Crippen molar-refractivity contribution in [3.05, 3.63) is 65.5 Å². The number of methoxy groups -OCH3 is 1. The Bertz CT molecular complexity index is 1630. The second kappa shape index (κ2) is 16.0. The second-order valence-corrected chi connectivity index (χ2v) is 12.2. The van der Waals surface area contributed by atoms with Crippen LogP contribution in [0.3, 0.4) is 0 Å². The molecule has 1 aliphatic heterocycles. The molecule has 0 atom stereocenters. The van der Waals surface area contributed by atoms with Gasteiger partial charge < -0.3 is 25.0 Å². The Morgan fingerprint density at radius 2 is 1.74 bits per heavy atom. The number of nitrogens with zero attached hydrogens (tertiary/aromatic N) is 6. The fraction of sp³-hybridized carbons (Fsp3) is 0.486. The van der Waals surface area contributed by atoms with Crippen LogP contribution in [0.25, 0.3) is 21.9 Å². The summed E-state index contributed by atoms with van der Waals surface area (Å²) in [5, 5.41) is 10.3. The number of unbranched alkanes of at least 4 members (excludes halogenated alkanes) is 1. The Morgan fingerprint density at radius 1 is 0.978 bits per heavy atom. The number of carboxylic acid groups (broad SMARTS) is 1. The number of rotatable bonds is 16. The molecule has 0 spiro atoms. The van der Waals surface area contributed by atoms with Gasteiger partial charge in [0, 0.05) is 71.3 Å². The van der Waals surface area contributed by atoms with Gasteiger partial charge >= 0.3 is 5.97 Å². The summed E-state index contributed by atoms with van der Waals surface area (Å²) in [4.78, 5) is 41.3. The molecule has 1 amide bonds. The molecule has 3 heterocycles. The number of carbonyl (C=O) groups excluding carboxylic acids is 1. The van der Waals surface area contributed by atoms with Crippen molar-refractivity contribution in [3.63, 3.8) is 0 Å². The van der Waals surface area contributed by atoms with Gasteiger partial charge in [-0.25, -0.2) is 9.97 Å². The molecule has 1 aliphatic rings. The molecule has 3 N–H and O–H groups in total. The zero-order valence-electron chi connectivity index (χ0n) is 27.2. The van der Waals surface area contributed by atoms with E-state index in [2.05, 4.69) is 32.3 Å². The van der Waals surface area contributed by atoms with Crippen LogP contribution in [-0.2, 0) is 40.3 Å². The average Bonchev–Trinajstić information content (AvgIpc) is 3.42. The molecule has 0 radical (unpaired) electrons.